The number of rotatable bonds is 14. The Morgan fingerprint density at radius 3 is 2.10 bits per heavy atom. The van der Waals surface area contributed by atoms with Crippen molar-refractivity contribution < 1.29 is 29.4 Å². The molecule has 1 aromatic heterocycles. The predicted octanol–water partition coefficient (Wildman–Crippen LogP) is 1.25. The molecule has 41 heavy (non-hydrogen) atoms. The largest absolute Gasteiger partial charge is 0.480 e. The number of para-hydroxylation sites is 1. The third-order valence-electron chi connectivity index (χ3n) is 6.75. The summed E-state index contributed by atoms with van der Waals surface area (Å²) in [4.78, 5) is 54.6. The van der Waals surface area contributed by atoms with Crippen molar-refractivity contribution in [2.45, 2.75) is 70.3 Å². The second kappa shape index (κ2) is 14.4. The molecule has 0 aliphatic carbocycles. The lowest BCUT2D eigenvalue weighted by atomic mass is 10.0. The van der Waals surface area contributed by atoms with Crippen molar-refractivity contribution in [3.8, 4) is 0 Å². The highest BCUT2D eigenvalue weighted by molar-refractivity contribution is 5.94. The molecule has 8 N–H and O–H groups in total. The molecule has 0 spiro atoms. The van der Waals surface area contributed by atoms with Gasteiger partial charge in [0.2, 0.25) is 17.7 Å². The van der Waals surface area contributed by atoms with Crippen molar-refractivity contribution in [1.82, 2.24) is 20.9 Å². The van der Waals surface area contributed by atoms with Gasteiger partial charge in [-0.1, -0.05) is 62.4 Å². The lowest BCUT2D eigenvalue weighted by molar-refractivity contribution is -0.142. The van der Waals surface area contributed by atoms with Gasteiger partial charge in [0.1, 0.15) is 18.1 Å². The molecule has 0 aliphatic rings. The van der Waals surface area contributed by atoms with E-state index in [9.17, 15) is 29.4 Å². The number of nitrogens with one attached hydrogen (secondary N) is 4. The lowest BCUT2D eigenvalue weighted by Crippen LogP contribution is -2.60. The van der Waals surface area contributed by atoms with Crippen molar-refractivity contribution in [3.05, 3.63) is 71.9 Å². The van der Waals surface area contributed by atoms with E-state index in [1.54, 1.807) is 36.5 Å². The first kappa shape index (κ1) is 31.3. The van der Waals surface area contributed by atoms with Crippen LogP contribution in [0, 0.1) is 5.92 Å². The van der Waals surface area contributed by atoms with Crippen LogP contribution in [0.3, 0.4) is 0 Å². The van der Waals surface area contributed by atoms with E-state index in [0.29, 0.717) is 17.5 Å². The Morgan fingerprint density at radius 2 is 1.46 bits per heavy atom. The molecule has 0 saturated carbocycles. The molecular weight excluding hydrogens is 526 g/mol. The Labute approximate surface area is 238 Å². The fourth-order valence-corrected chi connectivity index (χ4v) is 4.59. The highest BCUT2D eigenvalue weighted by Crippen LogP contribution is 2.19. The van der Waals surface area contributed by atoms with E-state index in [4.69, 9.17) is 5.73 Å². The Hall–Kier alpha value is -4.22. The summed E-state index contributed by atoms with van der Waals surface area (Å²) in [7, 11) is 0. The zero-order chi connectivity index (χ0) is 30.1. The summed E-state index contributed by atoms with van der Waals surface area (Å²) in [6.07, 6.45) is 0.851. The number of benzene rings is 2. The Kier molecular flexibility index (Phi) is 11.0. The van der Waals surface area contributed by atoms with E-state index in [-0.39, 0.29) is 18.8 Å². The van der Waals surface area contributed by atoms with Crippen LogP contribution in [0.5, 0.6) is 0 Å². The Morgan fingerprint density at radius 1 is 0.829 bits per heavy atom. The molecule has 3 amide bonds. The van der Waals surface area contributed by atoms with Crippen LogP contribution < -0.4 is 21.7 Å². The van der Waals surface area contributed by atoms with Crippen molar-refractivity contribution in [2.24, 2.45) is 11.7 Å². The first-order valence-electron chi connectivity index (χ1n) is 13.6. The van der Waals surface area contributed by atoms with Gasteiger partial charge in [0.05, 0.1) is 12.1 Å². The Bertz CT molecular complexity index is 1340. The third-order valence-corrected chi connectivity index (χ3v) is 6.75. The van der Waals surface area contributed by atoms with Gasteiger partial charge in [-0.3, -0.25) is 14.4 Å². The second-order valence-corrected chi connectivity index (χ2v) is 10.7. The van der Waals surface area contributed by atoms with Gasteiger partial charge in [-0.15, -0.1) is 0 Å². The Balaban J connectivity index is 1.79. The number of fused-ring (bicyclic) bond motifs is 1. The number of aliphatic hydroxyl groups excluding tert-OH is 1. The number of H-pyrrole nitrogens is 1. The monoisotopic (exact) mass is 565 g/mol. The summed E-state index contributed by atoms with van der Waals surface area (Å²) in [5.41, 5.74) is 8.21. The smallest absolute Gasteiger partial charge is 0.326 e. The fraction of sp³-hybridized carbons (Fsp3) is 0.400. The molecule has 1 heterocycles. The van der Waals surface area contributed by atoms with Gasteiger partial charge >= 0.3 is 5.97 Å². The van der Waals surface area contributed by atoms with Gasteiger partial charge < -0.3 is 36.9 Å². The molecule has 3 rings (SSSR count). The van der Waals surface area contributed by atoms with Gasteiger partial charge in [-0.25, -0.2) is 4.79 Å². The van der Waals surface area contributed by atoms with Crippen molar-refractivity contribution in [2.75, 3.05) is 0 Å². The molecule has 5 unspecified atom stereocenters. The number of carboxylic acid groups (broad SMARTS) is 1. The number of carboxylic acids is 1. The maximum absolute atomic E-state index is 13.5. The third kappa shape index (κ3) is 8.89. The maximum Gasteiger partial charge on any atom is 0.326 e. The van der Waals surface area contributed by atoms with Crippen molar-refractivity contribution in [3.63, 3.8) is 0 Å². The van der Waals surface area contributed by atoms with Crippen LogP contribution in [0.25, 0.3) is 10.9 Å². The number of aliphatic carboxylic acids is 1. The number of carbonyl (C=O) groups excluding carboxylic acids is 3. The quantitative estimate of drug-likeness (QED) is 0.153. The molecule has 0 fully saturated rings. The summed E-state index contributed by atoms with van der Waals surface area (Å²) in [5.74, 6) is -3.22. The standard InChI is InChI=1S/C30H39N5O6/c1-17(2)13-22(31)27(37)35-26(18(3)36)29(39)33-24(14-19-9-5-4-6-10-19)28(38)34-25(30(40)41)15-20-16-32-23-12-8-7-11-21(20)23/h4-12,16-18,22,24-26,32,36H,13-15,31H2,1-3H3,(H,33,39)(H,34,38)(H,35,37)(H,40,41). The van der Waals surface area contributed by atoms with E-state index < -0.39 is 54.0 Å². The SMILES string of the molecule is CC(C)CC(N)C(=O)NC(C(=O)NC(Cc1ccccc1)C(=O)NC(Cc1c[nH]c2ccccc12)C(=O)O)C(C)O. The van der Waals surface area contributed by atoms with E-state index in [2.05, 4.69) is 20.9 Å². The summed E-state index contributed by atoms with van der Waals surface area (Å²) < 4.78 is 0. The highest BCUT2D eigenvalue weighted by atomic mass is 16.4. The first-order valence-corrected chi connectivity index (χ1v) is 13.6. The first-order chi connectivity index (χ1) is 19.5. The summed E-state index contributed by atoms with van der Waals surface area (Å²) >= 11 is 0. The number of aliphatic hydroxyl groups is 1. The molecule has 0 bridgehead atoms. The van der Waals surface area contributed by atoms with Gasteiger partial charge in [0, 0.05) is 29.9 Å². The van der Waals surface area contributed by atoms with Gasteiger partial charge in [-0.2, -0.15) is 0 Å². The minimum absolute atomic E-state index is 0.0111. The van der Waals surface area contributed by atoms with Crippen LogP contribution in [0.4, 0.5) is 0 Å². The van der Waals surface area contributed by atoms with E-state index in [0.717, 1.165) is 10.9 Å². The van der Waals surface area contributed by atoms with Crippen molar-refractivity contribution in [1.29, 1.82) is 0 Å². The van der Waals surface area contributed by atoms with Crippen LogP contribution in [0.2, 0.25) is 0 Å². The zero-order valence-corrected chi connectivity index (χ0v) is 23.5. The molecule has 220 valence electrons. The molecule has 11 nitrogen and oxygen atoms in total. The molecule has 0 aliphatic heterocycles. The topological polar surface area (TPSA) is 187 Å². The molecule has 5 atom stereocenters. The van der Waals surface area contributed by atoms with Crippen LogP contribution in [-0.4, -0.2) is 69.2 Å². The van der Waals surface area contributed by atoms with E-state index in [1.165, 1.54) is 6.92 Å². The molecule has 2 aromatic carbocycles. The number of hydrogen-bond donors (Lipinski definition) is 7. The van der Waals surface area contributed by atoms with Crippen LogP contribution >= 0.6 is 0 Å². The van der Waals surface area contributed by atoms with Gasteiger partial charge in [0.15, 0.2) is 0 Å². The number of amides is 3. The second-order valence-electron chi connectivity index (χ2n) is 10.7. The molecule has 3 aromatic rings. The number of aromatic nitrogens is 1. The molecular formula is C30H39N5O6. The normalized spacial score (nSPS) is 15.0. The summed E-state index contributed by atoms with van der Waals surface area (Å²) in [6.45, 7) is 5.15. The van der Waals surface area contributed by atoms with Crippen molar-refractivity contribution >= 4 is 34.6 Å². The van der Waals surface area contributed by atoms with Crippen LogP contribution in [0.15, 0.2) is 60.8 Å². The number of carbonyl (C=O) groups is 4. The highest BCUT2D eigenvalue weighted by Gasteiger charge is 2.33. The van der Waals surface area contributed by atoms with Crippen LogP contribution in [0.1, 0.15) is 38.3 Å². The van der Waals surface area contributed by atoms with E-state index in [1.807, 2.05) is 38.1 Å². The summed E-state index contributed by atoms with van der Waals surface area (Å²) in [6, 6.07) is 11.6. The fourth-order valence-electron chi connectivity index (χ4n) is 4.59. The molecule has 0 radical (unpaired) electrons. The van der Waals surface area contributed by atoms with E-state index >= 15 is 0 Å². The number of hydrogen-bond acceptors (Lipinski definition) is 6. The predicted molar refractivity (Wildman–Crippen MR) is 155 cm³/mol. The van der Waals surface area contributed by atoms with Crippen LogP contribution in [-0.2, 0) is 32.0 Å². The molecule has 0 saturated heterocycles. The lowest BCUT2D eigenvalue weighted by Gasteiger charge is -2.27. The average molecular weight is 566 g/mol. The maximum atomic E-state index is 13.5. The summed E-state index contributed by atoms with van der Waals surface area (Å²) in [5, 5.41) is 28.7. The van der Waals surface area contributed by atoms with Gasteiger partial charge in [0.25, 0.3) is 0 Å². The minimum atomic E-state index is -1.38. The molecule has 11 heteroatoms. The number of nitrogens with two attached hydrogens (primary N) is 1. The average Bonchev–Trinajstić information content (AvgIpc) is 3.33. The minimum Gasteiger partial charge on any atom is -0.480 e. The zero-order valence-electron chi connectivity index (χ0n) is 23.5. The number of aromatic amines is 1. The van der Waals surface area contributed by atoms with Gasteiger partial charge in [-0.05, 0) is 36.5 Å².